The van der Waals surface area contributed by atoms with Crippen LogP contribution in [0.1, 0.15) is 11.3 Å². The van der Waals surface area contributed by atoms with Crippen LogP contribution >= 0.6 is 15.9 Å². The van der Waals surface area contributed by atoms with Gasteiger partial charge >= 0.3 is 0 Å². The summed E-state index contributed by atoms with van der Waals surface area (Å²) >= 11 is 3.39. The monoisotopic (exact) mass is 326 g/mol. The highest BCUT2D eigenvalue weighted by molar-refractivity contribution is 9.10. The number of halogens is 1. The quantitative estimate of drug-likeness (QED) is 0.691. The van der Waals surface area contributed by atoms with Gasteiger partial charge in [-0.1, -0.05) is 42.5 Å². The second-order valence-electron chi connectivity index (χ2n) is 4.76. The van der Waals surface area contributed by atoms with Crippen LogP contribution in [0.5, 0.6) is 0 Å². The molecular formula is C17H15BrN2. The predicted octanol–water partition coefficient (Wildman–Crippen LogP) is 4.92. The van der Waals surface area contributed by atoms with Crippen LogP contribution in [0, 0.1) is 6.92 Å². The Labute approximate surface area is 127 Å². The minimum Gasteiger partial charge on any atom is -0.379 e. The molecule has 3 rings (SSSR count). The summed E-state index contributed by atoms with van der Waals surface area (Å²) in [7, 11) is 0. The van der Waals surface area contributed by atoms with Crippen LogP contribution in [0.15, 0.2) is 59.2 Å². The highest BCUT2D eigenvalue weighted by Crippen LogP contribution is 2.21. The van der Waals surface area contributed by atoms with Gasteiger partial charge in [-0.2, -0.15) is 0 Å². The smallest absolute Gasteiger partial charge is 0.106 e. The van der Waals surface area contributed by atoms with Crippen LogP contribution in [0.3, 0.4) is 0 Å². The van der Waals surface area contributed by atoms with Crippen molar-refractivity contribution in [2.24, 2.45) is 0 Å². The van der Waals surface area contributed by atoms with Crippen LogP contribution in [0.25, 0.3) is 10.8 Å². The first-order valence-corrected chi connectivity index (χ1v) is 7.37. The summed E-state index contributed by atoms with van der Waals surface area (Å²) in [5, 5.41) is 6.04. The fraction of sp³-hybridized carbons (Fsp3) is 0.118. The van der Waals surface area contributed by atoms with E-state index in [-0.39, 0.29) is 0 Å². The van der Waals surface area contributed by atoms with E-state index in [1.807, 2.05) is 13.0 Å². The Kier molecular flexibility index (Phi) is 3.70. The third-order valence-corrected chi connectivity index (χ3v) is 3.84. The van der Waals surface area contributed by atoms with Crippen molar-refractivity contribution >= 4 is 32.4 Å². The van der Waals surface area contributed by atoms with E-state index in [9.17, 15) is 0 Å². The van der Waals surface area contributed by atoms with Gasteiger partial charge in [-0.05, 0) is 51.3 Å². The van der Waals surface area contributed by atoms with Gasteiger partial charge < -0.3 is 5.32 Å². The first-order valence-electron chi connectivity index (χ1n) is 6.58. The Morgan fingerprint density at radius 1 is 1.00 bits per heavy atom. The number of aryl methyl sites for hydroxylation is 1. The second-order valence-corrected chi connectivity index (χ2v) is 5.57. The van der Waals surface area contributed by atoms with E-state index in [0.29, 0.717) is 0 Å². The van der Waals surface area contributed by atoms with E-state index in [1.165, 1.54) is 16.3 Å². The number of nitrogens with zero attached hydrogens (tertiary/aromatic N) is 1. The largest absolute Gasteiger partial charge is 0.379 e. The van der Waals surface area contributed by atoms with Gasteiger partial charge in [0.15, 0.2) is 0 Å². The molecule has 0 unspecified atom stereocenters. The van der Waals surface area contributed by atoms with Crippen LogP contribution in [-0.4, -0.2) is 4.98 Å². The molecule has 2 aromatic carbocycles. The standard InChI is InChI=1S/C17H15BrN2/c1-12-16(9-10-17(18)20-12)19-11-14-7-4-6-13-5-2-3-8-15(13)14/h2-10,19H,11H2,1H3. The average molecular weight is 327 g/mol. The van der Waals surface area contributed by atoms with Crippen molar-refractivity contribution in [3.63, 3.8) is 0 Å². The molecule has 0 aliphatic heterocycles. The van der Waals surface area contributed by atoms with Crippen molar-refractivity contribution in [1.29, 1.82) is 0 Å². The summed E-state index contributed by atoms with van der Waals surface area (Å²) in [4.78, 5) is 4.40. The van der Waals surface area contributed by atoms with Gasteiger partial charge in [0.1, 0.15) is 4.60 Å². The molecule has 0 fully saturated rings. The molecule has 0 saturated carbocycles. The molecule has 0 saturated heterocycles. The number of anilines is 1. The third-order valence-electron chi connectivity index (χ3n) is 3.40. The molecule has 3 aromatic rings. The number of pyridine rings is 1. The first kappa shape index (κ1) is 13.1. The maximum Gasteiger partial charge on any atom is 0.106 e. The zero-order chi connectivity index (χ0) is 13.9. The number of rotatable bonds is 3. The van der Waals surface area contributed by atoms with Gasteiger partial charge in [0.25, 0.3) is 0 Å². The highest BCUT2D eigenvalue weighted by atomic mass is 79.9. The van der Waals surface area contributed by atoms with Crippen molar-refractivity contribution in [3.8, 4) is 0 Å². The van der Waals surface area contributed by atoms with Crippen LogP contribution < -0.4 is 5.32 Å². The highest BCUT2D eigenvalue weighted by Gasteiger charge is 2.03. The van der Waals surface area contributed by atoms with Gasteiger partial charge in [-0.3, -0.25) is 0 Å². The Hall–Kier alpha value is -1.87. The lowest BCUT2D eigenvalue weighted by Crippen LogP contribution is -2.02. The lowest BCUT2D eigenvalue weighted by Gasteiger charge is -2.11. The number of benzene rings is 2. The lowest BCUT2D eigenvalue weighted by atomic mass is 10.0. The molecule has 0 bridgehead atoms. The van der Waals surface area contributed by atoms with Gasteiger partial charge in [0.2, 0.25) is 0 Å². The van der Waals surface area contributed by atoms with E-state index in [2.05, 4.69) is 74.8 Å². The number of nitrogens with one attached hydrogen (secondary N) is 1. The van der Waals surface area contributed by atoms with Crippen molar-refractivity contribution in [2.45, 2.75) is 13.5 Å². The fourth-order valence-electron chi connectivity index (χ4n) is 2.35. The predicted molar refractivity (Wildman–Crippen MR) is 87.9 cm³/mol. The molecule has 0 radical (unpaired) electrons. The molecular weight excluding hydrogens is 312 g/mol. The van der Waals surface area contributed by atoms with E-state index in [4.69, 9.17) is 0 Å². The van der Waals surface area contributed by atoms with Gasteiger partial charge in [0, 0.05) is 6.54 Å². The molecule has 0 aliphatic carbocycles. The fourth-order valence-corrected chi connectivity index (χ4v) is 2.75. The normalized spacial score (nSPS) is 10.7. The van der Waals surface area contributed by atoms with E-state index in [0.717, 1.165) is 22.5 Å². The van der Waals surface area contributed by atoms with Crippen LogP contribution in [0.4, 0.5) is 5.69 Å². The summed E-state index contributed by atoms with van der Waals surface area (Å²) in [5.41, 5.74) is 3.37. The number of hydrogen-bond acceptors (Lipinski definition) is 2. The Morgan fingerprint density at radius 3 is 2.65 bits per heavy atom. The molecule has 1 N–H and O–H groups in total. The zero-order valence-electron chi connectivity index (χ0n) is 11.2. The third kappa shape index (κ3) is 2.68. The molecule has 0 amide bonds. The topological polar surface area (TPSA) is 24.9 Å². The van der Waals surface area contributed by atoms with E-state index >= 15 is 0 Å². The van der Waals surface area contributed by atoms with Gasteiger partial charge in [-0.15, -0.1) is 0 Å². The maximum absolute atomic E-state index is 4.40. The Morgan fingerprint density at radius 2 is 1.80 bits per heavy atom. The number of hydrogen-bond donors (Lipinski definition) is 1. The molecule has 2 nitrogen and oxygen atoms in total. The van der Waals surface area contributed by atoms with Crippen molar-refractivity contribution in [3.05, 3.63) is 70.5 Å². The summed E-state index contributed by atoms with van der Waals surface area (Å²) in [6.45, 7) is 2.81. The van der Waals surface area contributed by atoms with Crippen LogP contribution in [-0.2, 0) is 6.54 Å². The van der Waals surface area contributed by atoms with Crippen molar-refractivity contribution in [2.75, 3.05) is 5.32 Å². The summed E-state index contributed by atoms with van der Waals surface area (Å²) in [6, 6.07) is 18.9. The molecule has 0 spiro atoms. The molecule has 3 heteroatoms. The molecule has 1 aromatic heterocycles. The molecule has 100 valence electrons. The summed E-state index contributed by atoms with van der Waals surface area (Å²) < 4.78 is 0.866. The van der Waals surface area contributed by atoms with E-state index in [1.54, 1.807) is 0 Å². The lowest BCUT2D eigenvalue weighted by molar-refractivity contribution is 1.10. The zero-order valence-corrected chi connectivity index (χ0v) is 12.8. The summed E-state index contributed by atoms with van der Waals surface area (Å²) in [5.74, 6) is 0. The van der Waals surface area contributed by atoms with Gasteiger partial charge in [-0.25, -0.2) is 4.98 Å². The average Bonchev–Trinajstić information content (AvgIpc) is 2.46. The molecule has 0 aliphatic rings. The number of fused-ring (bicyclic) bond motifs is 1. The number of aromatic nitrogens is 1. The van der Waals surface area contributed by atoms with E-state index < -0.39 is 0 Å². The van der Waals surface area contributed by atoms with Gasteiger partial charge in [0.05, 0.1) is 11.4 Å². The molecule has 0 atom stereocenters. The first-order chi connectivity index (χ1) is 9.74. The Bertz CT molecular complexity index is 748. The molecule has 20 heavy (non-hydrogen) atoms. The summed E-state index contributed by atoms with van der Waals surface area (Å²) in [6.07, 6.45) is 0. The second kappa shape index (κ2) is 5.63. The minimum absolute atomic E-state index is 0.797. The maximum atomic E-state index is 4.40. The van der Waals surface area contributed by atoms with Crippen molar-refractivity contribution < 1.29 is 0 Å². The molecule has 1 heterocycles. The minimum atomic E-state index is 0.797. The van der Waals surface area contributed by atoms with Crippen molar-refractivity contribution in [1.82, 2.24) is 4.98 Å². The Balaban J connectivity index is 1.87. The SMILES string of the molecule is Cc1nc(Br)ccc1NCc1cccc2ccccc12. The van der Waals surface area contributed by atoms with Crippen LogP contribution in [0.2, 0.25) is 0 Å².